The van der Waals surface area contributed by atoms with E-state index in [0.29, 0.717) is 0 Å². The summed E-state index contributed by atoms with van der Waals surface area (Å²) in [4.78, 5) is 6.66. The van der Waals surface area contributed by atoms with E-state index in [0.717, 1.165) is 49.7 Å². The van der Waals surface area contributed by atoms with Crippen LogP contribution in [-0.2, 0) is 13.6 Å². The minimum Gasteiger partial charge on any atom is -0.385 e. The lowest BCUT2D eigenvalue weighted by molar-refractivity contribution is 0.0489. The van der Waals surface area contributed by atoms with E-state index in [9.17, 15) is 5.11 Å². The fourth-order valence-corrected chi connectivity index (χ4v) is 3.61. The molecule has 0 amide bonds. The lowest BCUT2D eigenvalue weighted by Crippen LogP contribution is -2.35. The van der Waals surface area contributed by atoms with Crippen LogP contribution >= 0.6 is 0 Å². The zero-order valence-electron chi connectivity index (χ0n) is 14.9. The van der Waals surface area contributed by atoms with Crippen LogP contribution in [0.4, 0.5) is 0 Å². The third-order valence-corrected chi connectivity index (χ3v) is 5.15. The number of para-hydroxylation sites is 1. The number of piperidine rings is 1. The molecule has 0 saturated carbocycles. The molecule has 7 nitrogen and oxygen atoms in total. The largest absolute Gasteiger partial charge is 0.385 e. The zero-order chi connectivity index (χ0) is 17.9. The van der Waals surface area contributed by atoms with Gasteiger partial charge in [-0.15, -0.1) is 5.10 Å². The molecule has 0 radical (unpaired) electrons. The van der Waals surface area contributed by atoms with E-state index in [4.69, 9.17) is 0 Å². The molecule has 1 aliphatic rings. The average Bonchev–Trinajstić information content (AvgIpc) is 3.32. The van der Waals surface area contributed by atoms with Gasteiger partial charge in [-0.3, -0.25) is 4.90 Å². The quantitative estimate of drug-likeness (QED) is 0.760. The van der Waals surface area contributed by atoms with Gasteiger partial charge in [-0.25, -0.2) is 9.67 Å². The number of likely N-dealkylation sites (tertiary alicyclic amines) is 1. The average molecular weight is 352 g/mol. The lowest BCUT2D eigenvalue weighted by atomic mass is 9.90. The van der Waals surface area contributed by atoms with Crippen LogP contribution in [-0.4, -0.2) is 47.6 Å². The maximum Gasteiger partial charge on any atom is 0.137 e. The Bertz CT molecular complexity index is 835. The van der Waals surface area contributed by atoms with Crippen LogP contribution < -0.4 is 0 Å². The Balaban J connectivity index is 1.33. The third-order valence-electron chi connectivity index (χ3n) is 5.15. The smallest absolute Gasteiger partial charge is 0.137 e. The molecule has 1 atom stereocenters. The van der Waals surface area contributed by atoms with Gasteiger partial charge in [0.1, 0.15) is 11.9 Å². The van der Waals surface area contributed by atoms with Gasteiger partial charge < -0.3 is 9.67 Å². The van der Waals surface area contributed by atoms with Gasteiger partial charge in [0.15, 0.2) is 0 Å². The molecule has 3 heterocycles. The molecule has 1 aromatic carbocycles. The predicted octanol–water partition coefficient (Wildman–Crippen LogP) is 1.95. The standard InChI is InChI=1S/C19H24N6O/c1-23-12-9-20-19(23)18(26)15-7-10-24(11-8-15)13-16-14-25(22-21-16)17-5-3-2-4-6-17/h2-6,9,12,14-15,18,26H,7-8,10-11,13H2,1H3/t18-/m0/s1. The highest BCUT2D eigenvalue weighted by atomic mass is 16.3. The Morgan fingerprint density at radius 3 is 2.65 bits per heavy atom. The molecule has 4 rings (SSSR count). The summed E-state index contributed by atoms with van der Waals surface area (Å²) in [7, 11) is 1.93. The molecule has 0 bridgehead atoms. The monoisotopic (exact) mass is 352 g/mol. The van der Waals surface area contributed by atoms with E-state index >= 15 is 0 Å². The second-order valence-corrected chi connectivity index (χ2v) is 6.94. The van der Waals surface area contributed by atoms with Crippen LogP contribution in [0.1, 0.15) is 30.5 Å². The molecule has 26 heavy (non-hydrogen) atoms. The van der Waals surface area contributed by atoms with Crippen molar-refractivity contribution in [2.75, 3.05) is 13.1 Å². The Morgan fingerprint density at radius 1 is 1.19 bits per heavy atom. The number of rotatable bonds is 5. The topological polar surface area (TPSA) is 72.0 Å². The minimum atomic E-state index is -0.490. The number of aliphatic hydroxyl groups excluding tert-OH is 1. The molecule has 0 unspecified atom stereocenters. The van der Waals surface area contributed by atoms with Crippen molar-refractivity contribution in [3.63, 3.8) is 0 Å². The summed E-state index contributed by atoms with van der Waals surface area (Å²) in [5.41, 5.74) is 1.99. The number of nitrogens with zero attached hydrogens (tertiary/aromatic N) is 6. The molecule has 1 N–H and O–H groups in total. The van der Waals surface area contributed by atoms with Gasteiger partial charge in [-0.1, -0.05) is 23.4 Å². The minimum absolute atomic E-state index is 0.257. The maximum atomic E-state index is 10.6. The van der Waals surface area contributed by atoms with Crippen LogP contribution in [0, 0.1) is 5.92 Å². The number of aliphatic hydroxyl groups is 1. The van der Waals surface area contributed by atoms with E-state index in [2.05, 4.69) is 20.2 Å². The van der Waals surface area contributed by atoms with E-state index < -0.39 is 6.10 Å². The molecular weight excluding hydrogens is 328 g/mol. The highest BCUT2D eigenvalue weighted by Gasteiger charge is 2.28. The third kappa shape index (κ3) is 3.54. The molecule has 0 spiro atoms. The second-order valence-electron chi connectivity index (χ2n) is 6.94. The summed E-state index contributed by atoms with van der Waals surface area (Å²) < 4.78 is 3.71. The van der Waals surface area contributed by atoms with Gasteiger partial charge in [0.2, 0.25) is 0 Å². The van der Waals surface area contributed by atoms with Crippen LogP contribution in [0.15, 0.2) is 48.9 Å². The summed E-state index contributed by atoms with van der Waals surface area (Å²) >= 11 is 0. The summed E-state index contributed by atoms with van der Waals surface area (Å²) in [6.45, 7) is 2.69. The van der Waals surface area contributed by atoms with E-state index in [1.807, 2.05) is 59.0 Å². The van der Waals surface area contributed by atoms with Gasteiger partial charge in [-0.05, 0) is 44.0 Å². The fraction of sp³-hybridized carbons (Fsp3) is 0.421. The first-order chi connectivity index (χ1) is 12.7. The summed E-state index contributed by atoms with van der Waals surface area (Å²) in [5.74, 6) is 1.02. The summed E-state index contributed by atoms with van der Waals surface area (Å²) in [5, 5.41) is 19.1. The van der Waals surface area contributed by atoms with Gasteiger partial charge in [0.25, 0.3) is 0 Å². The Labute approximate surface area is 152 Å². The lowest BCUT2D eigenvalue weighted by Gasteiger charge is -2.33. The van der Waals surface area contributed by atoms with Gasteiger partial charge in [0.05, 0.1) is 17.6 Å². The van der Waals surface area contributed by atoms with Crippen LogP contribution in [0.2, 0.25) is 0 Å². The van der Waals surface area contributed by atoms with Crippen molar-refractivity contribution in [2.45, 2.75) is 25.5 Å². The predicted molar refractivity (Wildman–Crippen MR) is 97.5 cm³/mol. The second kappa shape index (κ2) is 7.39. The van der Waals surface area contributed by atoms with Crippen molar-refractivity contribution < 1.29 is 5.11 Å². The first-order valence-electron chi connectivity index (χ1n) is 9.05. The van der Waals surface area contributed by atoms with Crippen molar-refractivity contribution in [3.8, 4) is 5.69 Å². The van der Waals surface area contributed by atoms with Crippen LogP contribution in [0.5, 0.6) is 0 Å². The molecule has 1 fully saturated rings. The number of aromatic nitrogens is 5. The summed E-state index contributed by atoms with van der Waals surface area (Å²) in [6.07, 6.45) is 7.04. The number of imidazole rings is 1. The molecule has 7 heteroatoms. The molecule has 136 valence electrons. The first-order valence-corrected chi connectivity index (χ1v) is 9.05. The first kappa shape index (κ1) is 16.9. The normalized spacial score (nSPS) is 17.5. The zero-order valence-corrected chi connectivity index (χ0v) is 14.9. The Morgan fingerprint density at radius 2 is 1.96 bits per heavy atom. The van der Waals surface area contributed by atoms with Crippen LogP contribution in [0.3, 0.4) is 0 Å². The van der Waals surface area contributed by atoms with Crippen molar-refractivity contribution in [1.82, 2.24) is 29.4 Å². The van der Waals surface area contributed by atoms with E-state index in [-0.39, 0.29) is 5.92 Å². The molecule has 0 aliphatic carbocycles. The number of benzene rings is 1. The van der Waals surface area contributed by atoms with Crippen LogP contribution in [0.25, 0.3) is 5.69 Å². The molecule has 3 aromatic rings. The van der Waals surface area contributed by atoms with Crippen molar-refractivity contribution in [3.05, 3.63) is 60.4 Å². The van der Waals surface area contributed by atoms with Crippen molar-refractivity contribution >= 4 is 0 Å². The van der Waals surface area contributed by atoms with Gasteiger partial charge in [0, 0.05) is 26.0 Å². The molecule has 1 saturated heterocycles. The van der Waals surface area contributed by atoms with Gasteiger partial charge >= 0.3 is 0 Å². The number of hydrogen-bond acceptors (Lipinski definition) is 5. The Kier molecular flexibility index (Phi) is 4.81. The highest BCUT2D eigenvalue weighted by molar-refractivity contribution is 5.29. The van der Waals surface area contributed by atoms with E-state index in [1.54, 1.807) is 6.20 Å². The Hall–Kier alpha value is -2.51. The van der Waals surface area contributed by atoms with Crippen molar-refractivity contribution in [1.29, 1.82) is 0 Å². The summed E-state index contributed by atoms with van der Waals surface area (Å²) in [6, 6.07) is 10.0. The molecule has 1 aliphatic heterocycles. The number of hydrogen-bond donors (Lipinski definition) is 1. The SMILES string of the molecule is Cn1ccnc1[C@@H](O)C1CCN(Cc2cn(-c3ccccc3)nn2)CC1. The van der Waals surface area contributed by atoms with Gasteiger partial charge in [-0.2, -0.15) is 0 Å². The fourth-order valence-electron chi connectivity index (χ4n) is 3.61. The van der Waals surface area contributed by atoms with Crippen molar-refractivity contribution in [2.24, 2.45) is 13.0 Å². The molecule has 2 aromatic heterocycles. The highest BCUT2D eigenvalue weighted by Crippen LogP contribution is 2.30. The maximum absolute atomic E-state index is 10.6. The van der Waals surface area contributed by atoms with E-state index in [1.165, 1.54) is 0 Å². The molecular formula is C19H24N6O. The number of aryl methyl sites for hydroxylation is 1.